The highest BCUT2D eigenvalue weighted by molar-refractivity contribution is 6.33. The zero-order valence-corrected chi connectivity index (χ0v) is 13.8. The predicted octanol–water partition coefficient (Wildman–Crippen LogP) is 4.44. The first-order chi connectivity index (χ1) is 10.8. The van der Waals surface area contributed by atoms with Gasteiger partial charge in [0.15, 0.2) is 6.61 Å². The fourth-order valence-electron chi connectivity index (χ4n) is 2.20. The zero-order chi connectivity index (χ0) is 17.1. The molecule has 0 heterocycles. The summed E-state index contributed by atoms with van der Waals surface area (Å²) in [4.78, 5) is 24.2. The van der Waals surface area contributed by atoms with Gasteiger partial charge in [-0.15, -0.1) is 0 Å². The van der Waals surface area contributed by atoms with Crippen LogP contribution in [0.3, 0.4) is 0 Å². The van der Waals surface area contributed by atoms with Crippen molar-refractivity contribution in [1.82, 2.24) is 0 Å². The number of carbonyl (C=O) groups is 2. The van der Waals surface area contributed by atoms with Crippen LogP contribution in [-0.2, 0) is 4.74 Å². The van der Waals surface area contributed by atoms with Gasteiger partial charge in [0.1, 0.15) is 5.82 Å². The largest absolute Gasteiger partial charge is 0.454 e. The molecular weight excluding hydrogens is 319 g/mol. The van der Waals surface area contributed by atoms with Crippen molar-refractivity contribution in [3.8, 4) is 0 Å². The van der Waals surface area contributed by atoms with Gasteiger partial charge < -0.3 is 4.74 Å². The molecule has 0 aliphatic heterocycles. The van der Waals surface area contributed by atoms with Gasteiger partial charge in [-0.2, -0.15) is 0 Å². The van der Waals surface area contributed by atoms with E-state index in [2.05, 4.69) is 0 Å². The maximum absolute atomic E-state index is 13.0. The van der Waals surface area contributed by atoms with Gasteiger partial charge >= 0.3 is 5.97 Å². The Kier molecular flexibility index (Phi) is 5.16. The van der Waals surface area contributed by atoms with Crippen LogP contribution in [0.2, 0.25) is 5.02 Å². The molecule has 0 aliphatic carbocycles. The number of Topliss-reactive ketones (excluding diaryl/α,β-unsaturated/α-hetero) is 1. The first-order valence-electron chi connectivity index (χ1n) is 7.03. The quantitative estimate of drug-likeness (QED) is 0.613. The van der Waals surface area contributed by atoms with Crippen LogP contribution in [0.1, 0.15) is 37.4 Å². The minimum absolute atomic E-state index is 0.0256. The van der Waals surface area contributed by atoms with Crippen LogP contribution in [0.25, 0.3) is 0 Å². The van der Waals surface area contributed by atoms with Crippen molar-refractivity contribution in [3.63, 3.8) is 0 Å². The standard InChI is InChI=1S/C18H16ClFO3/c1-10-6-12(3)15(7-11(10)2)17(21)9-23-18(22)14-5-4-13(20)8-16(14)19/h4-8H,9H2,1-3H3. The average molecular weight is 335 g/mol. The van der Waals surface area contributed by atoms with Crippen LogP contribution in [0, 0.1) is 26.6 Å². The molecular formula is C18H16ClFO3. The fourth-order valence-corrected chi connectivity index (χ4v) is 2.45. The smallest absolute Gasteiger partial charge is 0.340 e. The molecule has 2 aromatic carbocycles. The van der Waals surface area contributed by atoms with Crippen molar-refractivity contribution in [1.29, 1.82) is 0 Å². The number of carbonyl (C=O) groups excluding carboxylic acids is 2. The summed E-state index contributed by atoms with van der Waals surface area (Å²) in [6.07, 6.45) is 0. The Morgan fingerprint density at radius 1 is 1.00 bits per heavy atom. The molecule has 0 aromatic heterocycles. The topological polar surface area (TPSA) is 43.4 Å². The molecule has 0 saturated heterocycles. The van der Waals surface area contributed by atoms with Gasteiger partial charge in [0.25, 0.3) is 0 Å². The first-order valence-corrected chi connectivity index (χ1v) is 7.40. The number of rotatable bonds is 4. The Morgan fingerprint density at radius 2 is 1.65 bits per heavy atom. The maximum Gasteiger partial charge on any atom is 0.340 e. The number of hydrogen-bond donors (Lipinski definition) is 0. The Hall–Kier alpha value is -2.20. The van der Waals surface area contributed by atoms with Crippen LogP contribution in [0.4, 0.5) is 4.39 Å². The molecule has 2 aromatic rings. The minimum atomic E-state index is -0.759. The molecule has 0 aliphatic rings. The van der Waals surface area contributed by atoms with E-state index in [1.165, 1.54) is 6.07 Å². The van der Waals surface area contributed by atoms with Gasteiger partial charge in [0.05, 0.1) is 10.6 Å². The summed E-state index contributed by atoms with van der Waals surface area (Å²) in [5.74, 6) is -1.60. The second-order valence-corrected chi connectivity index (χ2v) is 5.78. The number of aryl methyl sites for hydroxylation is 3. The number of ketones is 1. The molecule has 120 valence electrons. The molecule has 0 fully saturated rings. The summed E-state index contributed by atoms with van der Waals surface area (Å²) in [7, 11) is 0. The molecule has 0 saturated carbocycles. The van der Waals surface area contributed by atoms with Crippen LogP contribution in [0.15, 0.2) is 30.3 Å². The highest BCUT2D eigenvalue weighted by atomic mass is 35.5. The Balaban J connectivity index is 2.10. The van der Waals surface area contributed by atoms with Gasteiger partial charge in [0.2, 0.25) is 5.78 Å². The van der Waals surface area contributed by atoms with Crippen molar-refractivity contribution in [2.24, 2.45) is 0 Å². The molecule has 0 spiro atoms. The third-order valence-electron chi connectivity index (χ3n) is 3.63. The number of hydrogen-bond acceptors (Lipinski definition) is 3. The van der Waals surface area contributed by atoms with Crippen molar-refractivity contribution in [2.45, 2.75) is 20.8 Å². The minimum Gasteiger partial charge on any atom is -0.454 e. The number of esters is 1. The summed E-state index contributed by atoms with van der Waals surface area (Å²) in [5, 5.41) is -0.0511. The normalized spacial score (nSPS) is 10.5. The molecule has 0 radical (unpaired) electrons. The summed E-state index contributed by atoms with van der Waals surface area (Å²) in [6, 6.07) is 7.06. The second kappa shape index (κ2) is 6.92. The third-order valence-corrected chi connectivity index (χ3v) is 3.94. The van der Waals surface area contributed by atoms with Gasteiger partial charge in [-0.3, -0.25) is 4.79 Å². The van der Waals surface area contributed by atoms with E-state index in [9.17, 15) is 14.0 Å². The molecule has 23 heavy (non-hydrogen) atoms. The van der Waals surface area contributed by atoms with E-state index < -0.39 is 18.4 Å². The van der Waals surface area contributed by atoms with E-state index in [0.29, 0.717) is 5.56 Å². The van der Waals surface area contributed by atoms with E-state index in [4.69, 9.17) is 16.3 Å². The van der Waals surface area contributed by atoms with Gasteiger partial charge in [0, 0.05) is 5.56 Å². The van der Waals surface area contributed by atoms with Gasteiger partial charge in [-0.25, -0.2) is 9.18 Å². The SMILES string of the molecule is Cc1cc(C)c(C(=O)COC(=O)c2ccc(F)cc2Cl)cc1C. The Morgan fingerprint density at radius 3 is 2.30 bits per heavy atom. The Bertz CT molecular complexity index is 784. The van der Waals surface area contributed by atoms with Crippen molar-refractivity contribution < 1.29 is 18.7 Å². The number of ether oxygens (including phenoxy) is 1. The number of benzene rings is 2. The molecule has 5 heteroatoms. The second-order valence-electron chi connectivity index (χ2n) is 5.37. The molecule has 2 rings (SSSR count). The lowest BCUT2D eigenvalue weighted by molar-refractivity contribution is 0.0474. The monoisotopic (exact) mass is 334 g/mol. The van der Waals surface area contributed by atoms with Crippen molar-refractivity contribution in [3.05, 3.63) is 69.0 Å². The van der Waals surface area contributed by atoms with E-state index in [1.54, 1.807) is 6.07 Å². The lowest BCUT2D eigenvalue weighted by atomic mass is 9.98. The van der Waals surface area contributed by atoms with Gasteiger partial charge in [-0.05, 0) is 61.7 Å². The van der Waals surface area contributed by atoms with Crippen LogP contribution in [-0.4, -0.2) is 18.4 Å². The molecule has 0 atom stereocenters. The highest BCUT2D eigenvalue weighted by Gasteiger charge is 2.16. The predicted molar refractivity (Wildman–Crippen MR) is 86.7 cm³/mol. The molecule has 0 bridgehead atoms. The Labute approximate surface area is 139 Å². The maximum atomic E-state index is 13.0. The molecule has 0 amide bonds. The lowest BCUT2D eigenvalue weighted by Crippen LogP contribution is -2.16. The molecule has 0 N–H and O–H groups in total. The van der Waals surface area contributed by atoms with Crippen molar-refractivity contribution in [2.75, 3.05) is 6.61 Å². The zero-order valence-electron chi connectivity index (χ0n) is 13.1. The van der Waals surface area contributed by atoms with Crippen LogP contribution >= 0.6 is 11.6 Å². The average Bonchev–Trinajstić information content (AvgIpc) is 2.48. The molecule has 3 nitrogen and oxygen atoms in total. The fraction of sp³-hybridized carbons (Fsp3) is 0.222. The highest BCUT2D eigenvalue weighted by Crippen LogP contribution is 2.19. The van der Waals surface area contributed by atoms with E-state index >= 15 is 0 Å². The summed E-state index contributed by atoms with van der Waals surface area (Å²) < 4.78 is 18.0. The third kappa shape index (κ3) is 3.96. The van der Waals surface area contributed by atoms with Crippen LogP contribution in [0.5, 0.6) is 0 Å². The van der Waals surface area contributed by atoms with E-state index in [0.717, 1.165) is 28.8 Å². The molecule has 0 unspecified atom stereocenters. The summed E-state index contributed by atoms with van der Waals surface area (Å²) in [6.45, 7) is 5.32. The number of halogens is 2. The van der Waals surface area contributed by atoms with Crippen LogP contribution < -0.4 is 0 Å². The van der Waals surface area contributed by atoms with Crippen molar-refractivity contribution >= 4 is 23.4 Å². The van der Waals surface area contributed by atoms with E-state index in [-0.39, 0.29) is 16.4 Å². The summed E-state index contributed by atoms with van der Waals surface area (Å²) >= 11 is 5.79. The lowest BCUT2D eigenvalue weighted by Gasteiger charge is -2.10. The summed E-state index contributed by atoms with van der Waals surface area (Å²) in [5.41, 5.74) is 3.46. The van der Waals surface area contributed by atoms with E-state index in [1.807, 2.05) is 26.8 Å². The van der Waals surface area contributed by atoms with Gasteiger partial charge in [-0.1, -0.05) is 17.7 Å². The first kappa shape index (κ1) is 17.2.